The third-order valence-electron chi connectivity index (χ3n) is 2.55. The van der Waals surface area contributed by atoms with Crippen molar-refractivity contribution >= 4 is 17.3 Å². The van der Waals surface area contributed by atoms with Crippen LogP contribution >= 0.6 is 11.6 Å². The molecule has 0 spiro atoms. The van der Waals surface area contributed by atoms with Crippen molar-refractivity contribution in [2.45, 2.75) is 13.3 Å². The third-order valence-corrected chi connectivity index (χ3v) is 2.84. The number of nitrogens with zero attached hydrogens (tertiary/aromatic N) is 1. The van der Waals surface area contributed by atoms with Crippen molar-refractivity contribution in [3.05, 3.63) is 47.4 Å². The Hall–Kier alpha value is -1.61. The molecule has 1 aromatic carbocycles. The molecular formula is C14H14ClFN2. The van der Waals surface area contributed by atoms with Crippen molar-refractivity contribution < 1.29 is 4.39 Å². The van der Waals surface area contributed by atoms with Gasteiger partial charge in [-0.2, -0.15) is 0 Å². The number of benzene rings is 1. The maximum Gasteiger partial charge on any atom is 0.141 e. The van der Waals surface area contributed by atoms with Gasteiger partial charge in [-0.15, -0.1) is 0 Å². The molecule has 0 radical (unpaired) electrons. The summed E-state index contributed by atoms with van der Waals surface area (Å²) in [6.45, 7) is 3.02. The molecule has 1 N–H and O–H groups in total. The molecular weight excluding hydrogens is 251 g/mol. The normalized spacial score (nSPS) is 10.4. The number of hydrogen-bond acceptors (Lipinski definition) is 2. The predicted molar refractivity (Wildman–Crippen MR) is 73.4 cm³/mol. The number of anilines is 1. The first-order chi connectivity index (χ1) is 8.70. The Morgan fingerprint density at radius 2 is 2.11 bits per heavy atom. The number of pyridine rings is 1. The summed E-state index contributed by atoms with van der Waals surface area (Å²) in [6, 6.07) is 8.45. The lowest BCUT2D eigenvalue weighted by Gasteiger charge is -2.07. The minimum Gasteiger partial charge on any atom is -0.385 e. The van der Waals surface area contributed by atoms with Gasteiger partial charge in [0.05, 0.1) is 10.7 Å². The van der Waals surface area contributed by atoms with Gasteiger partial charge in [-0.05, 0) is 36.8 Å². The minimum atomic E-state index is -0.416. The van der Waals surface area contributed by atoms with Crippen LogP contribution in [-0.2, 0) is 0 Å². The van der Waals surface area contributed by atoms with Gasteiger partial charge in [0.2, 0.25) is 0 Å². The van der Waals surface area contributed by atoms with Crippen molar-refractivity contribution in [1.82, 2.24) is 4.98 Å². The number of halogens is 2. The molecule has 0 atom stereocenters. The minimum absolute atomic E-state index is 0.112. The SMILES string of the molecule is CCCNc1ccnc(-c2ccc(F)c(Cl)c2)c1. The zero-order chi connectivity index (χ0) is 13.0. The molecule has 0 bridgehead atoms. The van der Waals surface area contributed by atoms with Gasteiger partial charge in [-0.1, -0.05) is 18.5 Å². The standard InChI is InChI=1S/C14H14ClFN2/c1-2-6-17-11-5-7-18-14(9-11)10-3-4-13(16)12(15)8-10/h3-5,7-9H,2,6H2,1H3,(H,17,18). The van der Waals surface area contributed by atoms with Crippen LogP contribution in [0.4, 0.5) is 10.1 Å². The lowest BCUT2D eigenvalue weighted by molar-refractivity contribution is 0.628. The average molecular weight is 265 g/mol. The van der Waals surface area contributed by atoms with E-state index in [9.17, 15) is 4.39 Å². The van der Waals surface area contributed by atoms with Crippen LogP contribution in [0.2, 0.25) is 5.02 Å². The lowest BCUT2D eigenvalue weighted by atomic mass is 10.1. The Morgan fingerprint density at radius 1 is 1.28 bits per heavy atom. The second kappa shape index (κ2) is 5.83. The smallest absolute Gasteiger partial charge is 0.141 e. The second-order valence-electron chi connectivity index (χ2n) is 3.99. The molecule has 2 rings (SSSR count). The van der Waals surface area contributed by atoms with Crippen molar-refractivity contribution in [1.29, 1.82) is 0 Å². The van der Waals surface area contributed by atoms with Crippen molar-refractivity contribution in [2.75, 3.05) is 11.9 Å². The van der Waals surface area contributed by atoms with Crippen LogP contribution in [0.3, 0.4) is 0 Å². The number of rotatable bonds is 4. The Bertz CT molecular complexity index is 543. The zero-order valence-corrected chi connectivity index (χ0v) is 10.8. The molecule has 1 heterocycles. The largest absolute Gasteiger partial charge is 0.385 e. The summed E-state index contributed by atoms with van der Waals surface area (Å²) in [4.78, 5) is 4.27. The Kier molecular flexibility index (Phi) is 4.15. The fourth-order valence-corrected chi connectivity index (χ4v) is 1.80. The van der Waals surface area contributed by atoms with Gasteiger partial charge in [0, 0.05) is 24.0 Å². The highest BCUT2D eigenvalue weighted by atomic mass is 35.5. The second-order valence-corrected chi connectivity index (χ2v) is 4.39. The topological polar surface area (TPSA) is 24.9 Å². The Labute approximate surface area is 111 Å². The molecule has 0 aliphatic carbocycles. The van der Waals surface area contributed by atoms with Crippen LogP contribution in [-0.4, -0.2) is 11.5 Å². The van der Waals surface area contributed by atoms with Gasteiger partial charge in [0.25, 0.3) is 0 Å². The average Bonchev–Trinajstić information content (AvgIpc) is 2.40. The molecule has 0 saturated heterocycles. The van der Waals surface area contributed by atoms with E-state index < -0.39 is 5.82 Å². The lowest BCUT2D eigenvalue weighted by Crippen LogP contribution is -1.99. The molecule has 0 aliphatic heterocycles. The van der Waals surface area contributed by atoms with Gasteiger partial charge in [0.15, 0.2) is 0 Å². The third kappa shape index (κ3) is 2.99. The predicted octanol–water partition coefficient (Wildman–Crippen LogP) is 4.36. The van der Waals surface area contributed by atoms with Crippen LogP contribution in [0.5, 0.6) is 0 Å². The maximum absolute atomic E-state index is 13.1. The van der Waals surface area contributed by atoms with E-state index in [1.165, 1.54) is 6.07 Å². The van der Waals surface area contributed by atoms with E-state index in [0.29, 0.717) is 0 Å². The van der Waals surface area contributed by atoms with Gasteiger partial charge >= 0.3 is 0 Å². The van der Waals surface area contributed by atoms with E-state index in [1.54, 1.807) is 18.3 Å². The van der Waals surface area contributed by atoms with Crippen LogP contribution in [0.25, 0.3) is 11.3 Å². The molecule has 18 heavy (non-hydrogen) atoms. The summed E-state index contributed by atoms with van der Waals surface area (Å²) >= 11 is 5.77. The van der Waals surface area contributed by atoms with Crippen LogP contribution in [0.15, 0.2) is 36.5 Å². The summed E-state index contributed by atoms with van der Waals surface area (Å²) in [7, 11) is 0. The van der Waals surface area contributed by atoms with Crippen LogP contribution in [0.1, 0.15) is 13.3 Å². The van der Waals surface area contributed by atoms with Gasteiger partial charge < -0.3 is 5.32 Å². The number of nitrogens with one attached hydrogen (secondary N) is 1. The molecule has 0 unspecified atom stereocenters. The molecule has 2 nitrogen and oxygen atoms in total. The molecule has 0 saturated carbocycles. The molecule has 94 valence electrons. The highest BCUT2D eigenvalue weighted by Crippen LogP contribution is 2.24. The molecule has 4 heteroatoms. The summed E-state index contributed by atoms with van der Waals surface area (Å²) in [5.41, 5.74) is 2.59. The zero-order valence-electron chi connectivity index (χ0n) is 10.1. The van der Waals surface area contributed by atoms with E-state index in [2.05, 4.69) is 17.2 Å². The first-order valence-corrected chi connectivity index (χ1v) is 6.24. The fraction of sp³-hybridized carbons (Fsp3) is 0.214. The van der Waals surface area contributed by atoms with Gasteiger partial charge in [-0.25, -0.2) is 4.39 Å². The van der Waals surface area contributed by atoms with E-state index in [0.717, 1.165) is 29.9 Å². The first-order valence-electron chi connectivity index (χ1n) is 5.86. The molecule has 0 amide bonds. The van der Waals surface area contributed by atoms with Crippen molar-refractivity contribution in [3.8, 4) is 11.3 Å². The van der Waals surface area contributed by atoms with Crippen LogP contribution < -0.4 is 5.32 Å². The molecule has 2 aromatic rings. The van der Waals surface area contributed by atoms with Crippen LogP contribution in [0, 0.1) is 5.82 Å². The molecule has 1 aromatic heterocycles. The number of aromatic nitrogens is 1. The fourth-order valence-electron chi connectivity index (χ4n) is 1.62. The summed E-state index contributed by atoms with van der Waals surface area (Å²) < 4.78 is 13.1. The Balaban J connectivity index is 2.29. The molecule has 0 fully saturated rings. The summed E-state index contributed by atoms with van der Waals surface area (Å²) in [6.07, 6.45) is 2.78. The van der Waals surface area contributed by atoms with Gasteiger partial charge in [0.1, 0.15) is 5.82 Å². The van der Waals surface area contributed by atoms with E-state index in [1.807, 2.05) is 12.1 Å². The highest BCUT2D eigenvalue weighted by Gasteiger charge is 2.04. The van der Waals surface area contributed by atoms with Crippen molar-refractivity contribution in [2.24, 2.45) is 0 Å². The summed E-state index contributed by atoms with van der Waals surface area (Å²) in [5, 5.41) is 3.40. The quantitative estimate of drug-likeness (QED) is 0.887. The van der Waals surface area contributed by atoms with Crippen molar-refractivity contribution in [3.63, 3.8) is 0 Å². The van der Waals surface area contributed by atoms with E-state index in [-0.39, 0.29) is 5.02 Å². The van der Waals surface area contributed by atoms with E-state index >= 15 is 0 Å². The number of hydrogen-bond donors (Lipinski definition) is 1. The molecule has 0 aliphatic rings. The highest BCUT2D eigenvalue weighted by molar-refractivity contribution is 6.31. The first kappa shape index (κ1) is 12.8. The van der Waals surface area contributed by atoms with Gasteiger partial charge in [-0.3, -0.25) is 4.98 Å². The summed E-state index contributed by atoms with van der Waals surface area (Å²) in [5.74, 6) is -0.416. The maximum atomic E-state index is 13.1. The monoisotopic (exact) mass is 264 g/mol. The van der Waals surface area contributed by atoms with E-state index in [4.69, 9.17) is 11.6 Å². The Morgan fingerprint density at radius 3 is 2.83 bits per heavy atom.